The van der Waals surface area contributed by atoms with Crippen molar-refractivity contribution >= 4 is 5.69 Å². The highest BCUT2D eigenvalue weighted by molar-refractivity contribution is 5.51. The molecule has 18 heavy (non-hydrogen) atoms. The van der Waals surface area contributed by atoms with Crippen LogP contribution in [0.15, 0.2) is 48.7 Å². The van der Waals surface area contributed by atoms with E-state index in [2.05, 4.69) is 28.5 Å². The van der Waals surface area contributed by atoms with E-state index in [4.69, 9.17) is 4.74 Å². The molecule has 0 radical (unpaired) electrons. The van der Waals surface area contributed by atoms with Gasteiger partial charge in [0.2, 0.25) is 0 Å². The molecule has 0 saturated heterocycles. The molecule has 0 aliphatic carbocycles. The molecule has 0 spiro atoms. The topological polar surface area (TPSA) is 34.1 Å². The molecule has 94 valence electrons. The molecule has 2 aromatic rings. The zero-order valence-electron chi connectivity index (χ0n) is 10.6. The maximum absolute atomic E-state index is 5.12. The van der Waals surface area contributed by atoms with Gasteiger partial charge >= 0.3 is 0 Å². The minimum Gasteiger partial charge on any atom is -0.384 e. The summed E-state index contributed by atoms with van der Waals surface area (Å²) in [5, 5.41) is 3.42. The number of hydrogen-bond donors (Lipinski definition) is 1. The second kappa shape index (κ2) is 6.77. The van der Waals surface area contributed by atoms with Gasteiger partial charge in [0.25, 0.3) is 0 Å². The van der Waals surface area contributed by atoms with Crippen LogP contribution in [0.2, 0.25) is 0 Å². The van der Waals surface area contributed by atoms with Gasteiger partial charge in [0.15, 0.2) is 0 Å². The van der Waals surface area contributed by atoms with Gasteiger partial charge in [-0.3, -0.25) is 4.98 Å². The monoisotopic (exact) mass is 242 g/mol. The predicted octanol–water partition coefficient (Wildman–Crippen LogP) is 2.88. The molecule has 0 saturated carbocycles. The Labute approximate surface area is 108 Å². The summed E-state index contributed by atoms with van der Waals surface area (Å²) in [5.74, 6) is 0. The van der Waals surface area contributed by atoms with Gasteiger partial charge in [-0.05, 0) is 30.2 Å². The fraction of sp³-hybridized carbons (Fsp3) is 0.267. The van der Waals surface area contributed by atoms with Crippen molar-refractivity contribution in [3.05, 3.63) is 59.9 Å². The van der Waals surface area contributed by atoms with Gasteiger partial charge in [-0.2, -0.15) is 0 Å². The summed E-state index contributed by atoms with van der Waals surface area (Å²) in [5.41, 5.74) is 3.47. The van der Waals surface area contributed by atoms with Crippen molar-refractivity contribution in [1.82, 2.24) is 4.98 Å². The zero-order valence-corrected chi connectivity index (χ0v) is 10.6. The number of ether oxygens (including phenoxy) is 1. The SMILES string of the molecule is COCCc1ccccc1NCc1ccccn1. The largest absolute Gasteiger partial charge is 0.384 e. The van der Waals surface area contributed by atoms with E-state index in [9.17, 15) is 0 Å². The molecule has 1 N–H and O–H groups in total. The van der Waals surface area contributed by atoms with Crippen molar-refractivity contribution < 1.29 is 4.74 Å². The molecule has 2 rings (SSSR count). The Hall–Kier alpha value is -1.87. The first-order valence-corrected chi connectivity index (χ1v) is 6.11. The quantitative estimate of drug-likeness (QED) is 0.845. The van der Waals surface area contributed by atoms with Crippen LogP contribution in [0.25, 0.3) is 0 Å². The maximum Gasteiger partial charge on any atom is 0.0594 e. The van der Waals surface area contributed by atoms with Gasteiger partial charge in [0.05, 0.1) is 18.8 Å². The Kier molecular flexibility index (Phi) is 4.73. The van der Waals surface area contributed by atoms with Crippen molar-refractivity contribution in [2.24, 2.45) is 0 Å². The highest BCUT2D eigenvalue weighted by atomic mass is 16.5. The van der Waals surface area contributed by atoms with Crippen LogP contribution < -0.4 is 5.32 Å². The molecular weight excluding hydrogens is 224 g/mol. The zero-order chi connectivity index (χ0) is 12.6. The van der Waals surface area contributed by atoms with Crippen LogP contribution in [0.4, 0.5) is 5.69 Å². The van der Waals surface area contributed by atoms with E-state index in [0.29, 0.717) is 0 Å². The Morgan fingerprint density at radius 3 is 2.72 bits per heavy atom. The molecule has 3 heteroatoms. The minimum absolute atomic E-state index is 0.738. The highest BCUT2D eigenvalue weighted by Crippen LogP contribution is 2.16. The Morgan fingerprint density at radius 1 is 1.11 bits per heavy atom. The predicted molar refractivity (Wildman–Crippen MR) is 73.6 cm³/mol. The number of anilines is 1. The number of nitrogens with zero attached hydrogens (tertiary/aromatic N) is 1. The summed E-state index contributed by atoms with van der Waals surface area (Å²) in [6, 6.07) is 14.3. The van der Waals surface area contributed by atoms with Crippen LogP contribution in [0.3, 0.4) is 0 Å². The number of methoxy groups -OCH3 is 1. The second-order valence-corrected chi connectivity index (χ2v) is 4.07. The normalized spacial score (nSPS) is 10.3. The lowest BCUT2D eigenvalue weighted by Crippen LogP contribution is -2.05. The average Bonchev–Trinajstić information content (AvgIpc) is 2.45. The first-order chi connectivity index (χ1) is 8.90. The molecule has 0 aliphatic rings. The van der Waals surface area contributed by atoms with Gasteiger partial charge < -0.3 is 10.1 Å². The number of benzene rings is 1. The van der Waals surface area contributed by atoms with Crippen LogP contribution in [-0.4, -0.2) is 18.7 Å². The lowest BCUT2D eigenvalue weighted by molar-refractivity contribution is 0.202. The summed E-state index contributed by atoms with van der Waals surface area (Å²) in [7, 11) is 1.73. The number of para-hydroxylation sites is 1. The first kappa shape index (κ1) is 12.6. The molecule has 0 aliphatic heterocycles. The van der Waals surface area contributed by atoms with Gasteiger partial charge in [-0.25, -0.2) is 0 Å². The second-order valence-electron chi connectivity index (χ2n) is 4.07. The number of hydrogen-bond acceptors (Lipinski definition) is 3. The molecule has 0 amide bonds. The van der Waals surface area contributed by atoms with E-state index in [1.54, 1.807) is 7.11 Å². The molecule has 0 atom stereocenters. The number of pyridine rings is 1. The average molecular weight is 242 g/mol. The Balaban J connectivity index is 2.00. The van der Waals surface area contributed by atoms with Gasteiger partial charge in [0, 0.05) is 19.0 Å². The molecule has 0 bridgehead atoms. The van der Waals surface area contributed by atoms with E-state index < -0.39 is 0 Å². The van der Waals surface area contributed by atoms with E-state index in [1.165, 1.54) is 5.56 Å². The Bertz CT molecular complexity index is 471. The standard InChI is InChI=1S/C15H18N2O/c1-18-11-9-13-6-2-3-8-15(13)17-12-14-7-4-5-10-16-14/h2-8,10,17H,9,11-12H2,1H3. The van der Waals surface area contributed by atoms with E-state index >= 15 is 0 Å². The summed E-state index contributed by atoms with van der Waals surface area (Å²) in [4.78, 5) is 4.30. The fourth-order valence-electron chi connectivity index (χ4n) is 1.81. The summed E-state index contributed by atoms with van der Waals surface area (Å²) in [6.07, 6.45) is 2.73. The van der Waals surface area contributed by atoms with Gasteiger partial charge in [-0.1, -0.05) is 24.3 Å². The van der Waals surface area contributed by atoms with E-state index in [0.717, 1.165) is 31.0 Å². The van der Waals surface area contributed by atoms with Crippen molar-refractivity contribution in [3.63, 3.8) is 0 Å². The molecule has 1 aromatic carbocycles. The maximum atomic E-state index is 5.12. The van der Waals surface area contributed by atoms with Gasteiger partial charge in [-0.15, -0.1) is 0 Å². The summed E-state index contributed by atoms with van der Waals surface area (Å²) in [6.45, 7) is 1.48. The number of aromatic nitrogens is 1. The molecule has 1 heterocycles. The van der Waals surface area contributed by atoms with Crippen LogP contribution >= 0.6 is 0 Å². The van der Waals surface area contributed by atoms with Crippen LogP contribution in [-0.2, 0) is 17.7 Å². The fourth-order valence-corrected chi connectivity index (χ4v) is 1.81. The highest BCUT2D eigenvalue weighted by Gasteiger charge is 2.01. The number of rotatable bonds is 6. The first-order valence-electron chi connectivity index (χ1n) is 6.11. The molecule has 0 unspecified atom stereocenters. The third kappa shape index (κ3) is 3.57. The molecule has 0 fully saturated rings. The van der Waals surface area contributed by atoms with Crippen LogP contribution in [0, 0.1) is 0 Å². The molecule has 1 aromatic heterocycles. The molecule has 3 nitrogen and oxygen atoms in total. The minimum atomic E-state index is 0.738. The summed E-state index contributed by atoms with van der Waals surface area (Å²) < 4.78 is 5.12. The van der Waals surface area contributed by atoms with Crippen molar-refractivity contribution in [1.29, 1.82) is 0 Å². The smallest absolute Gasteiger partial charge is 0.0594 e. The van der Waals surface area contributed by atoms with Crippen molar-refractivity contribution in [2.45, 2.75) is 13.0 Å². The number of nitrogens with one attached hydrogen (secondary N) is 1. The lowest BCUT2D eigenvalue weighted by Gasteiger charge is -2.11. The van der Waals surface area contributed by atoms with Gasteiger partial charge in [0.1, 0.15) is 0 Å². The van der Waals surface area contributed by atoms with E-state index in [-0.39, 0.29) is 0 Å². The summed E-state index contributed by atoms with van der Waals surface area (Å²) >= 11 is 0. The molecular formula is C15H18N2O. The Morgan fingerprint density at radius 2 is 1.94 bits per heavy atom. The van der Waals surface area contributed by atoms with E-state index in [1.807, 2.05) is 30.5 Å². The van der Waals surface area contributed by atoms with Crippen molar-refractivity contribution in [3.8, 4) is 0 Å². The lowest BCUT2D eigenvalue weighted by atomic mass is 10.1. The third-order valence-corrected chi connectivity index (χ3v) is 2.78. The van der Waals surface area contributed by atoms with Crippen molar-refractivity contribution in [2.75, 3.05) is 19.0 Å². The van der Waals surface area contributed by atoms with Crippen LogP contribution in [0.1, 0.15) is 11.3 Å². The third-order valence-electron chi connectivity index (χ3n) is 2.78. The van der Waals surface area contributed by atoms with Crippen LogP contribution in [0.5, 0.6) is 0 Å².